The van der Waals surface area contributed by atoms with Crippen LogP contribution in [0.25, 0.3) is 0 Å². The maximum atomic E-state index is 4.42. The molecule has 106 valence electrons. The molecule has 0 heteroatoms. The third kappa shape index (κ3) is 1.52. The zero-order valence-corrected chi connectivity index (χ0v) is 12.9. The van der Waals surface area contributed by atoms with Crippen molar-refractivity contribution < 1.29 is 0 Å². The smallest absolute Gasteiger partial charge is 0.0200 e. The summed E-state index contributed by atoms with van der Waals surface area (Å²) < 4.78 is 0. The summed E-state index contributed by atoms with van der Waals surface area (Å²) in [5, 5.41) is 0. The fraction of sp³-hybridized carbons (Fsp3) is 0.895. The first-order valence-electron chi connectivity index (χ1n) is 8.73. The van der Waals surface area contributed by atoms with Crippen molar-refractivity contribution in [3.05, 3.63) is 12.2 Å². The Morgan fingerprint density at radius 1 is 1.11 bits per heavy atom. The van der Waals surface area contributed by atoms with Gasteiger partial charge in [-0.25, -0.2) is 0 Å². The van der Waals surface area contributed by atoms with Gasteiger partial charge < -0.3 is 0 Å². The van der Waals surface area contributed by atoms with E-state index >= 15 is 0 Å². The Kier molecular flexibility index (Phi) is 2.56. The molecule has 0 radical (unpaired) electrons. The molecule has 4 aliphatic carbocycles. The lowest BCUT2D eigenvalue weighted by Crippen LogP contribution is -2.53. The maximum Gasteiger partial charge on any atom is -0.0200 e. The Bertz CT molecular complexity index is 408. The molecule has 4 fully saturated rings. The van der Waals surface area contributed by atoms with Crippen LogP contribution in [0.15, 0.2) is 12.2 Å². The molecule has 0 amide bonds. The molecular weight excluding hydrogens is 228 g/mol. The number of fused-ring (bicyclic) bond motifs is 3. The summed E-state index contributed by atoms with van der Waals surface area (Å²) in [5.74, 6) is 3.94. The monoisotopic (exact) mass is 258 g/mol. The summed E-state index contributed by atoms with van der Waals surface area (Å²) in [4.78, 5) is 0. The highest BCUT2D eigenvalue weighted by Gasteiger charge is 2.61. The molecule has 0 N–H and O–H groups in total. The Morgan fingerprint density at radius 3 is 2.79 bits per heavy atom. The third-order valence-electron chi connectivity index (χ3n) is 8.01. The van der Waals surface area contributed by atoms with E-state index in [9.17, 15) is 0 Å². The van der Waals surface area contributed by atoms with Gasteiger partial charge in [-0.2, -0.15) is 0 Å². The van der Waals surface area contributed by atoms with Gasteiger partial charge in [0, 0.05) is 0 Å². The van der Waals surface area contributed by atoms with E-state index in [1.54, 1.807) is 5.57 Å². The summed E-state index contributed by atoms with van der Waals surface area (Å²) in [5.41, 5.74) is 2.99. The van der Waals surface area contributed by atoms with Crippen LogP contribution < -0.4 is 0 Å². The zero-order chi connectivity index (χ0) is 13.3. The first kappa shape index (κ1) is 12.5. The van der Waals surface area contributed by atoms with Crippen LogP contribution in [0.2, 0.25) is 0 Å². The fourth-order valence-electron chi connectivity index (χ4n) is 7.27. The van der Waals surface area contributed by atoms with Crippen LogP contribution in [0.5, 0.6) is 0 Å². The summed E-state index contributed by atoms with van der Waals surface area (Å²) in [6, 6.07) is 0. The van der Waals surface area contributed by atoms with Gasteiger partial charge in [-0.05, 0) is 79.4 Å². The van der Waals surface area contributed by atoms with E-state index in [2.05, 4.69) is 20.4 Å². The standard InChI is InChI=1S/C19H30/c1-13-5-4-9-18(3)16(13)8-10-19-11-14(2)15(12-19)6-7-17(18)19/h13,15-17H,2,4-12H2,1,3H3/t13-,15-,16+,17+,18-,19-/m1/s1. The van der Waals surface area contributed by atoms with Crippen molar-refractivity contribution in [1.82, 2.24) is 0 Å². The predicted molar refractivity (Wildman–Crippen MR) is 80.9 cm³/mol. The van der Waals surface area contributed by atoms with Gasteiger partial charge >= 0.3 is 0 Å². The number of hydrogen-bond acceptors (Lipinski definition) is 0. The lowest BCUT2D eigenvalue weighted by Gasteiger charge is -2.61. The highest BCUT2D eigenvalue weighted by Crippen LogP contribution is 2.70. The number of rotatable bonds is 0. The number of allylic oxidation sites excluding steroid dienone is 1. The van der Waals surface area contributed by atoms with E-state index in [1.165, 1.54) is 57.8 Å². The minimum Gasteiger partial charge on any atom is -0.0996 e. The second kappa shape index (κ2) is 3.89. The lowest BCUT2D eigenvalue weighted by atomic mass is 9.43. The van der Waals surface area contributed by atoms with Gasteiger partial charge in [0.25, 0.3) is 0 Å². The van der Waals surface area contributed by atoms with Crippen LogP contribution in [-0.2, 0) is 0 Å². The van der Waals surface area contributed by atoms with E-state index in [1.807, 2.05) is 0 Å². The molecule has 4 aliphatic rings. The fourth-order valence-corrected chi connectivity index (χ4v) is 7.27. The van der Waals surface area contributed by atoms with Crippen molar-refractivity contribution in [2.24, 2.45) is 34.5 Å². The predicted octanol–water partition coefficient (Wildman–Crippen LogP) is 5.59. The molecule has 0 aromatic carbocycles. The van der Waals surface area contributed by atoms with Gasteiger partial charge in [-0.15, -0.1) is 0 Å². The molecule has 0 unspecified atom stereocenters. The number of hydrogen-bond donors (Lipinski definition) is 0. The molecule has 0 aliphatic heterocycles. The average molecular weight is 258 g/mol. The molecule has 0 nitrogen and oxygen atoms in total. The minimum atomic E-state index is 0.672. The van der Waals surface area contributed by atoms with Crippen LogP contribution in [0.4, 0.5) is 0 Å². The van der Waals surface area contributed by atoms with E-state index < -0.39 is 0 Å². The minimum absolute atomic E-state index is 0.672. The summed E-state index contributed by atoms with van der Waals surface area (Å²) in [6.45, 7) is 9.65. The first-order chi connectivity index (χ1) is 9.05. The molecule has 0 saturated heterocycles. The van der Waals surface area contributed by atoms with Gasteiger partial charge in [0.2, 0.25) is 0 Å². The molecule has 1 spiro atoms. The van der Waals surface area contributed by atoms with E-state index in [0.29, 0.717) is 10.8 Å². The van der Waals surface area contributed by atoms with E-state index in [0.717, 1.165) is 23.7 Å². The third-order valence-corrected chi connectivity index (χ3v) is 8.01. The molecule has 4 rings (SSSR count). The van der Waals surface area contributed by atoms with Crippen molar-refractivity contribution >= 4 is 0 Å². The topological polar surface area (TPSA) is 0 Å². The van der Waals surface area contributed by atoms with Crippen LogP contribution in [0, 0.1) is 34.5 Å². The van der Waals surface area contributed by atoms with Crippen molar-refractivity contribution in [3.63, 3.8) is 0 Å². The average Bonchev–Trinajstić information content (AvgIpc) is 2.59. The molecule has 6 atom stereocenters. The SMILES string of the molecule is C=C1C[C@@]23CC[C@H]4[C@H](C)CCC[C@@]4(C)[C@@H]2CC[C@@H]1C3. The lowest BCUT2D eigenvalue weighted by molar-refractivity contribution is -0.120. The molecule has 0 aromatic rings. The molecule has 2 bridgehead atoms. The summed E-state index contributed by atoms with van der Waals surface area (Å²) in [7, 11) is 0. The van der Waals surface area contributed by atoms with Crippen LogP contribution in [0.3, 0.4) is 0 Å². The highest BCUT2D eigenvalue weighted by atomic mass is 14.7. The van der Waals surface area contributed by atoms with E-state index in [4.69, 9.17) is 0 Å². The van der Waals surface area contributed by atoms with Gasteiger partial charge in [0.05, 0.1) is 0 Å². The van der Waals surface area contributed by atoms with Gasteiger partial charge in [-0.3, -0.25) is 0 Å². The Balaban J connectivity index is 1.73. The quantitative estimate of drug-likeness (QED) is 0.497. The van der Waals surface area contributed by atoms with Gasteiger partial charge in [0.1, 0.15) is 0 Å². The van der Waals surface area contributed by atoms with Crippen molar-refractivity contribution in [2.75, 3.05) is 0 Å². The maximum absolute atomic E-state index is 4.42. The second-order valence-electron chi connectivity index (χ2n) is 8.75. The van der Waals surface area contributed by atoms with E-state index in [-0.39, 0.29) is 0 Å². The van der Waals surface area contributed by atoms with Crippen molar-refractivity contribution in [3.8, 4) is 0 Å². The largest absolute Gasteiger partial charge is 0.0996 e. The first-order valence-corrected chi connectivity index (χ1v) is 8.73. The Labute approximate surface area is 119 Å². The van der Waals surface area contributed by atoms with Gasteiger partial charge in [0.15, 0.2) is 0 Å². The summed E-state index contributed by atoms with van der Waals surface area (Å²) >= 11 is 0. The van der Waals surface area contributed by atoms with Crippen LogP contribution in [0.1, 0.15) is 71.6 Å². The Hall–Kier alpha value is -0.260. The van der Waals surface area contributed by atoms with Crippen LogP contribution in [-0.4, -0.2) is 0 Å². The van der Waals surface area contributed by atoms with Gasteiger partial charge in [-0.1, -0.05) is 38.8 Å². The normalized spacial score (nSPS) is 56.6. The molecular formula is C19H30. The van der Waals surface area contributed by atoms with Crippen molar-refractivity contribution in [1.29, 1.82) is 0 Å². The highest BCUT2D eigenvalue weighted by molar-refractivity contribution is 5.21. The molecule has 0 aromatic heterocycles. The molecule has 4 saturated carbocycles. The van der Waals surface area contributed by atoms with Crippen molar-refractivity contribution in [2.45, 2.75) is 71.6 Å². The molecule has 19 heavy (non-hydrogen) atoms. The Morgan fingerprint density at radius 2 is 1.95 bits per heavy atom. The zero-order valence-electron chi connectivity index (χ0n) is 12.9. The second-order valence-corrected chi connectivity index (χ2v) is 8.75. The molecule has 0 heterocycles. The van der Waals surface area contributed by atoms with Crippen LogP contribution >= 0.6 is 0 Å². The summed E-state index contributed by atoms with van der Waals surface area (Å²) in [6.07, 6.45) is 13.4.